The Labute approximate surface area is 193 Å². The molecule has 0 fully saturated rings. The molecule has 0 spiro atoms. The van der Waals surface area contributed by atoms with Gasteiger partial charge < -0.3 is 19.9 Å². The van der Waals surface area contributed by atoms with Crippen molar-refractivity contribution >= 4 is 23.8 Å². The molecular weight excluding hydrogens is 400 g/mol. The molecule has 0 bridgehead atoms. The van der Waals surface area contributed by atoms with Gasteiger partial charge in [0.1, 0.15) is 11.6 Å². The Morgan fingerprint density at radius 2 is 2.03 bits per heavy atom. The van der Waals surface area contributed by atoms with Crippen molar-refractivity contribution < 1.29 is 4.74 Å². The molecule has 1 atom stereocenters. The normalized spacial score (nSPS) is 17.6. The molecule has 0 saturated carbocycles. The molecule has 1 aliphatic rings. The zero-order valence-electron chi connectivity index (χ0n) is 20.3. The van der Waals surface area contributed by atoms with Crippen LogP contribution in [-0.2, 0) is 4.74 Å². The lowest BCUT2D eigenvalue weighted by molar-refractivity contribution is 0.177. The van der Waals surface area contributed by atoms with E-state index in [0.717, 1.165) is 36.7 Å². The molecule has 1 aromatic rings. The van der Waals surface area contributed by atoms with E-state index in [4.69, 9.17) is 4.74 Å². The van der Waals surface area contributed by atoms with Gasteiger partial charge in [-0.05, 0) is 19.4 Å². The summed E-state index contributed by atoms with van der Waals surface area (Å²) in [5, 5.41) is 3.07. The summed E-state index contributed by atoms with van der Waals surface area (Å²) in [6, 6.07) is 1.92. The summed E-state index contributed by atoms with van der Waals surface area (Å²) >= 11 is 0. The van der Waals surface area contributed by atoms with Gasteiger partial charge in [0.05, 0.1) is 6.10 Å². The number of rotatable bonds is 9. The molecule has 32 heavy (non-hydrogen) atoms. The quantitative estimate of drug-likeness (QED) is 0.344. The van der Waals surface area contributed by atoms with Gasteiger partial charge in [-0.1, -0.05) is 49.1 Å². The predicted molar refractivity (Wildman–Crippen MR) is 139 cm³/mol. The molecule has 7 heteroatoms. The molecule has 7 nitrogen and oxygen atoms in total. The van der Waals surface area contributed by atoms with Crippen molar-refractivity contribution in [2.75, 3.05) is 57.0 Å². The van der Waals surface area contributed by atoms with Crippen LogP contribution in [0.1, 0.15) is 19.8 Å². The molecule has 1 aromatic heterocycles. The minimum atomic E-state index is 0.157. The van der Waals surface area contributed by atoms with Crippen LogP contribution in [0.4, 0.5) is 17.6 Å². The van der Waals surface area contributed by atoms with Crippen LogP contribution in [0, 0.1) is 0 Å². The maximum atomic E-state index is 5.12. The van der Waals surface area contributed by atoms with Crippen molar-refractivity contribution in [2.24, 2.45) is 4.99 Å². The van der Waals surface area contributed by atoms with Gasteiger partial charge in [-0.2, -0.15) is 9.97 Å². The molecule has 0 amide bonds. The van der Waals surface area contributed by atoms with Gasteiger partial charge in [0, 0.05) is 66.2 Å². The zero-order valence-corrected chi connectivity index (χ0v) is 20.3. The average molecular weight is 439 g/mol. The molecule has 174 valence electrons. The van der Waals surface area contributed by atoms with E-state index in [1.54, 1.807) is 19.4 Å². The fourth-order valence-electron chi connectivity index (χ4n) is 2.67. The summed E-state index contributed by atoms with van der Waals surface area (Å²) in [5.74, 6) is 2.36. The van der Waals surface area contributed by atoms with Gasteiger partial charge in [0.2, 0.25) is 5.95 Å². The molecule has 2 rings (SSSR count). The molecular formula is C25H38N6O. The molecule has 1 aliphatic carbocycles. The first kappa shape index (κ1) is 26.8. The molecule has 0 aliphatic heterocycles. The van der Waals surface area contributed by atoms with E-state index in [1.807, 2.05) is 75.3 Å². The van der Waals surface area contributed by atoms with E-state index in [-0.39, 0.29) is 6.10 Å². The van der Waals surface area contributed by atoms with Gasteiger partial charge >= 0.3 is 0 Å². The van der Waals surface area contributed by atoms with Crippen LogP contribution in [0.15, 0.2) is 71.9 Å². The summed E-state index contributed by atoms with van der Waals surface area (Å²) in [6.07, 6.45) is 19.8. The number of ether oxygens (including phenoxy) is 1. The first-order valence-electron chi connectivity index (χ1n) is 10.7. The third-order valence-electron chi connectivity index (χ3n) is 4.48. The van der Waals surface area contributed by atoms with E-state index in [1.165, 1.54) is 0 Å². The molecule has 0 saturated heterocycles. The van der Waals surface area contributed by atoms with Gasteiger partial charge in [-0.3, -0.25) is 4.99 Å². The third-order valence-corrected chi connectivity index (χ3v) is 4.48. The number of hydrogen-bond acceptors (Lipinski definition) is 7. The Hall–Kier alpha value is -3.19. The fraction of sp³-hybridized carbons (Fsp3) is 0.400. The smallest absolute Gasteiger partial charge is 0.229 e. The summed E-state index contributed by atoms with van der Waals surface area (Å²) in [5.41, 5.74) is 0.988. The number of allylic oxidation sites excluding steroid dienone is 6. The fourth-order valence-corrected chi connectivity index (χ4v) is 2.67. The van der Waals surface area contributed by atoms with Crippen LogP contribution >= 0.6 is 0 Å². The lowest BCUT2D eigenvalue weighted by Gasteiger charge is -2.20. The van der Waals surface area contributed by atoms with Crippen LogP contribution in [0.25, 0.3) is 0 Å². The molecule has 0 aromatic carbocycles. The minimum Gasteiger partial charge on any atom is -0.373 e. The summed E-state index contributed by atoms with van der Waals surface area (Å²) < 4.78 is 5.12. The van der Waals surface area contributed by atoms with Gasteiger partial charge in [0.15, 0.2) is 0 Å². The first-order chi connectivity index (χ1) is 15.4. The highest BCUT2D eigenvalue weighted by atomic mass is 16.5. The second-order valence-corrected chi connectivity index (χ2v) is 7.19. The van der Waals surface area contributed by atoms with Crippen molar-refractivity contribution in [2.45, 2.75) is 25.9 Å². The van der Waals surface area contributed by atoms with Crippen molar-refractivity contribution in [1.29, 1.82) is 0 Å². The monoisotopic (exact) mass is 438 g/mol. The first-order valence-corrected chi connectivity index (χ1v) is 10.7. The van der Waals surface area contributed by atoms with E-state index in [2.05, 4.69) is 45.1 Å². The van der Waals surface area contributed by atoms with E-state index in [0.29, 0.717) is 5.95 Å². The van der Waals surface area contributed by atoms with E-state index >= 15 is 0 Å². The van der Waals surface area contributed by atoms with Crippen LogP contribution < -0.4 is 15.1 Å². The second kappa shape index (κ2) is 15.6. The maximum absolute atomic E-state index is 5.12. The second-order valence-electron chi connectivity index (χ2n) is 7.19. The van der Waals surface area contributed by atoms with Crippen LogP contribution in [0.2, 0.25) is 0 Å². The number of nitrogens with one attached hydrogen (secondary N) is 1. The number of hydrogen-bond donors (Lipinski definition) is 1. The van der Waals surface area contributed by atoms with Gasteiger partial charge in [0.25, 0.3) is 0 Å². The largest absolute Gasteiger partial charge is 0.373 e. The highest BCUT2D eigenvalue weighted by molar-refractivity contribution is 5.55. The lowest BCUT2D eigenvalue weighted by Crippen LogP contribution is -2.23. The molecule has 1 heterocycles. The van der Waals surface area contributed by atoms with E-state index < -0.39 is 0 Å². The zero-order chi connectivity index (χ0) is 23.8. The summed E-state index contributed by atoms with van der Waals surface area (Å²) in [6.45, 7) is 6.40. The number of anilines is 3. The van der Waals surface area contributed by atoms with Gasteiger partial charge in [-0.25, -0.2) is 0 Å². The Kier molecular flexibility index (Phi) is 13.1. The Morgan fingerprint density at radius 3 is 2.66 bits per heavy atom. The minimum absolute atomic E-state index is 0.157. The van der Waals surface area contributed by atoms with E-state index in [9.17, 15) is 0 Å². The highest BCUT2D eigenvalue weighted by Gasteiger charge is 2.10. The Bertz CT molecular complexity index is 839. The van der Waals surface area contributed by atoms with Crippen LogP contribution in [-0.4, -0.2) is 64.1 Å². The molecule has 0 radical (unpaired) electrons. The number of methoxy groups -OCH3 is 1. The third kappa shape index (κ3) is 10.2. The number of nitrogens with zero attached hydrogens (tertiary/aromatic N) is 5. The maximum Gasteiger partial charge on any atom is 0.229 e. The Morgan fingerprint density at radius 1 is 1.25 bits per heavy atom. The number of aromatic nitrogens is 2. The summed E-state index contributed by atoms with van der Waals surface area (Å²) in [4.78, 5) is 17.4. The Balaban J connectivity index is 0.000000425. The van der Waals surface area contributed by atoms with Crippen molar-refractivity contribution in [3.8, 4) is 0 Å². The molecule has 1 N–H and O–H groups in total. The summed E-state index contributed by atoms with van der Waals surface area (Å²) in [7, 11) is 9.48. The van der Waals surface area contributed by atoms with Crippen molar-refractivity contribution in [1.82, 2.24) is 9.97 Å². The van der Waals surface area contributed by atoms with Crippen molar-refractivity contribution in [3.63, 3.8) is 0 Å². The molecule has 1 unspecified atom stereocenters. The predicted octanol–water partition coefficient (Wildman–Crippen LogP) is 4.64. The van der Waals surface area contributed by atoms with Crippen molar-refractivity contribution in [3.05, 3.63) is 67.0 Å². The standard InChI is InChI=1S/C16H26N6.C9H12O/c1-7-9-13(18-8-2)10-11-22(6)16-19-14(17-3)12-15(20-16)21(4)5;1-10-9-7-5-3-2-4-6-8-9/h7-9,12H,1,10-11H2,2-6H3,(H,17,19,20);2-3,5-9H,4H2,1H3/b13-9-,18-8?;3-2-,7-5?,8-6-. The van der Waals surface area contributed by atoms with Gasteiger partial charge in [-0.15, -0.1) is 0 Å². The van der Waals surface area contributed by atoms with Crippen LogP contribution in [0.3, 0.4) is 0 Å². The average Bonchev–Trinajstić information content (AvgIpc) is 2.77. The van der Waals surface area contributed by atoms with Crippen LogP contribution in [0.5, 0.6) is 0 Å². The topological polar surface area (TPSA) is 65.9 Å². The SMILES string of the molecule is C=C/C=C(/CCN(C)c1nc(NC)cc(N(C)C)n1)N=CC.COC1C=C/C=C\C/C=C\1. The lowest BCUT2D eigenvalue weighted by atomic mass is 10.2. The highest BCUT2D eigenvalue weighted by Crippen LogP contribution is 2.18. The number of aliphatic imine (C=N–C) groups is 1.